The number of hydrogen-bond acceptors (Lipinski definition) is 3. The number of isocyanates is 1. The Morgan fingerprint density at radius 2 is 1.87 bits per heavy atom. The molecule has 0 aliphatic carbocycles. The highest BCUT2D eigenvalue weighted by molar-refractivity contribution is 5.76. The monoisotopic (exact) mass is 212 g/mol. The summed E-state index contributed by atoms with van der Waals surface area (Å²) in [6, 6.07) is 0. The second kappa shape index (κ2) is 9.41. The number of carbonyl (C=O) groups is 1. The fourth-order valence-corrected chi connectivity index (χ4v) is 1.41. The van der Waals surface area contributed by atoms with Crippen LogP contribution in [0.3, 0.4) is 0 Å². The van der Waals surface area contributed by atoms with E-state index in [9.17, 15) is 9.59 Å². The molecule has 0 aromatic heterocycles. The molecule has 0 atom stereocenters. The maximum Gasteiger partial charge on any atom is 0.234 e. The minimum atomic E-state index is 0.166. The SMILES string of the molecule is CCCN(CCC)C(=O)CCCN=C=O. The summed E-state index contributed by atoms with van der Waals surface area (Å²) in [5, 5.41) is 0. The van der Waals surface area contributed by atoms with Gasteiger partial charge in [0.05, 0.1) is 6.54 Å². The lowest BCUT2D eigenvalue weighted by Gasteiger charge is -2.21. The van der Waals surface area contributed by atoms with E-state index in [1.54, 1.807) is 0 Å². The second-order valence-corrected chi connectivity index (χ2v) is 3.46. The van der Waals surface area contributed by atoms with Gasteiger partial charge in [0, 0.05) is 19.5 Å². The van der Waals surface area contributed by atoms with Gasteiger partial charge in [0.15, 0.2) is 0 Å². The number of amides is 1. The van der Waals surface area contributed by atoms with E-state index >= 15 is 0 Å². The lowest BCUT2D eigenvalue weighted by Crippen LogP contribution is -2.32. The van der Waals surface area contributed by atoms with Crippen LogP contribution in [-0.2, 0) is 9.59 Å². The van der Waals surface area contributed by atoms with Crippen LogP contribution in [-0.4, -0.2) is 36.5 Å². The van der Waals surface area contributed by atoms with Crippen LogP contribution in [0.4, 0.5) is 0 Å². The van der Waals surface area contributed by atoms with Crippen LogP contribution in [0.1, 0.15) is 39.5 Å². The highest BCUT2D eigenvalue weighted by Crippen LogP contribution is 2.01. The van der Waals surface area contributed by atoms with Crippen LogP contribution in [0.25, 0.3) is 0 Å². The van der Waals surface area contributed by atoms with E-state index in [2.05, 4.69) is 18.8 Å². The van der Waals surface area contributed by atoms with Crippen molar-refractivity contribution in [3.8, 4) is 0 Å². The molecule has 15 heavy (non-hydrogen) atoms. The molecule has 0 aromatic rings. The topological polar surface area (TPSA) is 49.7 Å². The first-order chi connectivity index (χ1) is 7.26. The largest absolute Gasteiger partial charge is 0.343 e. The van der Waals surface area contributed by atoms with Crippen molar-refractivity contribution in [3.05, 3.63) is 0 Å². The molecule has 0 saturated carbocycles. The lowest BCUT2D eigenvalue weighted by molar-refractivity contribution is -0.131. The summed E-state index contributed by atoms with van der Waals surface area (Å²) in [7, 11) is 0. The standard InChI is InChI=1S/C11H20N2O2/c1-3-8-13(9-4-2)11(15)6-5-7-12-10-14/h3-9H2,1-2H3. The highest BCUT2D eigenvalue weighted by Gasteiger charge is 2.10. The third-order valence-electron chi connectivity index (χ3n) is 2.06. The van der Waals surface area contributed by atoms with E-state index in [-0.39, 0.29) is 5.91 Å². The summed E-state index contributed by atoms with van der Waals surface area (Å²) < 4.78 is 0. The molecule has 0 aliphatic heterocycles. The minimum Gasteiger partial charge on any atom is -0.343 e. The van der Waals surface area contributed by atoms with Gasteiger partial charge in [-0.3, -0.25) is 4.79 Å². The van der Waals surface area contributed by atoms with Gasteiger partial charge in [0.2, 0.25) is 12.0 Å². The Bertz CT molecular complexity index is 217. The minimum absolute atomic E-state index is 0.166. The summed E-state index contributed by atoms with van der Waals surface area (Å²) in [4.78, 5) is 26.8. The van der Waals surface area contributed by atoms with E-state index < -0.39 is 0 Å². The third-order valence-corrected chi connectivity index (χ3v) is 2.06. The van der Waals surface area contributed by atoms with Crippen LogP contribution in [0.5, 0.6) is 0 Å². The van der Waals surface area contributed by atoms with Gasteiger partial charge in [-0.2, -0.15) is 0 Å². The van der Waals surface area contributed by atoms with Crippen LogP contribution >= 0.6 is 0 Å². The van der Waals surface area contributed by atoms with Crippen molar-refractivity contribution in [2.75, 3.05) is 19.6 Å². The molecular formula is C11H20N2O2. The van der Waals surface area contributed by atoms with Crippen molar-refractivity contribution < 1.29 is 9.59 Å². The number of carbonyl (C=O) groups excluding carboxylic acids is 2. The van der Waals surface area contributed by atoms with Gasteiger partial charge in [0.1, 0.15) is 0 Å². The van der Waals surface area contributed by atoms with Crippen LogP contribution in [0, 0.1) is 0 Å². The van der Waals surface area contributed by atoms with Crippen molar-refractivity contribution in [2.24, 2.45) is 4.99 Å². The van der Waals surface area contributed by atoms with Crippen molar-refractivity contribution in [1.29, 1.82) is 0 Å². The third kappa shape index (κ3) is 6.86. The van der Waals surface area contributed by atoms with Crippen molar-refractivity contribution in [1.82, 2.24) is 4.90 Å². The van der Waals surface area contributed by atoms with Gasteiger partial charge in [-0.1, -0.05) is 13.8 Å². The average Bonchev–Trinajstić information content (AvgIpc) is 2.24. The number of hydrogen-bond donors (Lipinski definition) is 0. The molecule has 0 N–H and O–H groups in total. The Labute approximate surface area is 91.4 Å². The summed E-state index contributed by atoms with van der Waals surface area (Å²) in [6.07, 6.45) is 4.55. The Hall–Kier alpha value is -1.15. The molecule has 4 nitrogen and oxygen atoms in total. The van der Waals surface area contributed by atoms with Gasteiger partial charge in [-0.25, -0.2) is 9.79 Å². The zero-order valence-electron chi connectivity index (χ0n) is 9.66. The summed E-state index contributed by atoms with van der Waals surface area (Å²) in [6.45, 7) is 6.17. The smallest absolute Gasteiger partial charge is 0.234 e. The quantitative estimate of drug-likeness (QED) is 0.349. The normalized spacial score (nSPS) is 9.47. The Morgan fingerprint density at radius 3 is 2.33 bits per heavy atom. The molecule has 86 valence electrons. The molecular weight excluding hydrogens is 192 g/mol. The van der Waals surface area contributed by atoms with Crippen LogP contribution in [0.2, 0.25) is 0 Å². The molecule has 0 aromatic carbocycles. The molecule has 4 heteroatoms. The Morgan fingerprint density at radius 1 is 1.27 bits per heavy atom. The molecule has 0 bridgehead atoms. The fraction of sp³-hybridized carbons (Fsp3) is 0.818. The van der Waals surface area contributed by atoms with E-state index in [0.29, 0.717) is 19.4 Å². The van der Waals surface area contributed by atoms with E-state index in [4.69, 9.17) is 0 Å². The van der Waals surface area contributed by atoms with Gasteiger partial charge in [-0.05, 0) is 19.3 Å². The van der Waals surface area contributed by atoms with Crippen LogP contribution < -0.4 is 0 Å². The zero-order valence-corrected chi connectivity index (χ0v) is 9.66. The number of rotatable bonds is 8. The maximum atomic E-state index is 11.7. The molecule has 1 amide bonds. The molecule has 0 heterocycles. The van der Waals surface area contributed by atoms with Crippen LogP contribution in [0.15, 0.2) is 4.99 Å². The maximum absolute atomic E-state index is 11.7. The van der Waals surface area contributed by atoms with Gasteiger partial charge in [-0.15, -0.1) is 0 Å². The Kier molecular flexibility index (Phi) is 8.69. The number of aliphatic imine (C=N–C) groups is 1. The molecule has 0 spiro atoms. The number of nitrogens with zero attached hydrogens (tertiary/aromatic N) is 2. The van der Waals surface area contributed by atoms with Crippen molar-refractivity contribution >= 4 is 12.0 Å². The molecule has 0 rings (SSSR count). The molecule has 0 fully saturated rings. The second-order valence-electron chi connectivity index (χ2n) is 3.46. The summed E-state index contributed by atoms with van der Waals surface area (Å²) >= 11 is 0. The zero-order chi connectivity index (χ0) is 11.5. The Balaban J connectivity index is 3.85. The predicted octanol–water partition coefficient (Wildman–Crippen LogP) is 1.75. The first-order valence-corrected chi connectivity index (χ1v) is 5.57. The first kappa shape index (κ1) is 13.8. The fourth-order valence-electron chi connectivity index (χ4n) is 1.41. The highest BCUT2D eigenvalue weighted by atomic mass is 16.2. The van der Waals surface area contributed by atoms with Gasteiger partial charge >= 0.3 is 0 Å². The van der Waals surface area contributed by atoms with E-state index in [0.717, 1.165) is 25.9 Å². The van der Waals surface area contributed by atoms with Crippen molar-refractivity contribution in [2.45, 2.75) is 39.5 Å². The average molecular weight is 212 g/mol. The van der Waals surface area contributed by atoms with E-state index in [1.165, 1.54) is 6.08 Å². The van der Waals surface area contributed by atoms with Gasteiger partial charge in [0.25, 0.3) is 0 Å². The predicted molar refractivity (Wildman–Crippen MR) is 59.4 cm³/mol. The molecule has 0 aliphatic rings. The molecule has 0 radical (unpaired) electrons. The van der Waals surface area contributed by atoms with Crippen molar-refractivity contribution in [3.63, 3.8) is 0 Å². The molecule has 0 saturated heterocycles. The lowest BCUT2D eigenvalue weighted by atomic mass is 10.2. The summed E-state index contributed by atoms with van der Waals surface area (Å²) in [5.41, 5.74) is 0. The van der Waals surface area contributed by atoms with Gasteiger partial charge < -0.3 is 4.90 Å². The first-order valence-electron chi connectivity index (χ1n) is 5.57. The molecule has 0 unspecified atom stereocenters. The summed E-state index contributed by atoms with van der Waals surface area (Å²) in [5.74, 6) is 0.166. The van der Waals surface area contributed by atoms with E-state index in [1.807, 2.05) is 4.90 Å².